The average Bonchev–Trinajstić information content (AvgIpc) is 2.73. The maximum atomic E-state index is 8.40. The van der Waals surface area contributed by atoms with Crippen molar-refractivity contribution in [2.24, 2.45) is 0 Å². The molecule has 0 radical (unpaired) electrons. The number of aromatic nitrogens is 1. The SMILES string of the molecule is N#CCCNCCc1c[nH]c2ccccc12. The third kappa shape index (κ3) is 2.41. The highest BCUT2D eigenvalue weighted by molar-refractivity contribution is 5.83. The van der Waals surface area contributed by atoms with E-state index >= 15 is 0 Å². The molecule has 16 heavy (non-hydrogen) atoms. The summed E-state index contributed by atoms with van der Waals surface area (Å²) < 4.78 is 0. The minimum atomic E-state index is 0.577. The Bertz CT molecular complexity index is 493. The first-order valence-corrected chi connectivity index (χ1v) is 5.54. The number of fused-ring (bicyclic) bond motifs is 1. The number of hydrogen-bond acceptors (Lipinski definition) is 2. The van der Waals surface area contributed by atoms with Crippen LogP contribution in [0, 0.1) is 11.3 Å². The summed E-state index contributed by atoms with van der Waals surface area (Å²) in [5.41, 5.74) is 2.52. The summed E-state index contributed by atoms with van der Waals surface area (Å²) in [7, 11) is 0. The molecule has 0 amide bonds. The summed E-state index contributed by atoms with van der Waals surface area (Å²) in [6, 6.07) is 10.4. The number of nitrogens with one attached hydrogen (secondary N) is 2. The van der Waals surface area contributed by atoms with Crippen LogP contribution >= 0.6 is 0 Å². The summed E-state index contributed by atoms with van der Waals surface area (Å²) in [4.78, 5) is 3.26. The predicted molar refractivity (Wildman–Crippen MR) is 65.1 cm³/mol. The van der Waals surface area contributed by atoms with Crippen molar-refractivity contribution in [3.63, 3.8) is 0 Å². The minimum absolute atomic E-state index is 0.577. The van der Waals surface area contributed by atoms with Gasteiger partial charge in [-0.05, 0) is 24.6 Å². The van der Waals surface area contributed by atoms with E-state index in [0.29, 0.717) is 6.42 Å². The van der Waals surface area contributed by atoms with Gasteiger partial charge in [-0.3, -0.25) is 0 Å². The summed E-state index contributed by atoms with van der Waals surface area (Å²) in [6.45, 7) is 1.70. The average molecular weight is 213 g/mol. The van der Waals surface area contributed by atoms with Gasteiger partial charge in [0.1, 0.15) is 0 Å². The molecule has 2 rings (SSSR count). The number of benzene rings is 1. The zero-order chi connectivity index (χ0) is 11.2. The number of H-pyrrole nitrogens is 1. The lowest BCUT2D eigenvalue weighted by Crippen LogP contribution is -2.17. The molecule has 2 aromatic rings. The van der Waals surface area contributed by atoms with Crippen LogP contribution in [0.2, 0.25) is 0 Å². The maximum absolute atomic E-state index is 8.40. The standard InChI is InChI=1S/C13H15N3/c14-7-3-8-15-9-6-11-10-16-13-5-2-1-4-12(11)13/h1-2,4-5,10,15-16H,3,6,8-9H2. The Kier molecular flexibility index (Phi) is 3.58. The van der Waals surface area contributed by atoms with Crippen molar-refractivity contribution >= 4 is 10.9 Å². The molecule has 0 saturated carbocycles. The number of nitrogens with zero attached hydrogens (tertiary/aromatic N) is 1. The topological polar surface area (TPSA) is 51.6 Å². The first-order valence-electron chi connectivity index (χ1n) is 5.54. The summed E-state index contributed by atoms with van der Waals surface area (Å²) >= 11 is 0. The maximum Gasteiger partial charge on any atom is 0.0635 e. The fourth-order valence-corrected chi connectivity index (χ4v) is 1.83. The highest BCUT2D eigenvalue weighted by atomic mass is 14.8. The molecule has 1 heterocycles. The molecule has 0 bridgehead atoms. The van der Waals surface area contributed by atoms with E-state index in [-0.39, 0.29) is 0 Å². The summed E-state index contributed by atoms with van der Waals surface area (Å²) in [5.74, 6) is 0. The third-order valence-electron chi connectivity index (χ3n) is 2.66. The predicted octanol–water partition coefficient (Wildman–Crippen LogP) is 2.21. The molecule has 0 spiro atoms. The van der Waals surface area contributed by atoms with Gasteiger partial charge in [-0.2, -0.15) is 5.26 Å². The van der Waals surface area contributed by atoms with Crippen molar-refractivity contribution < 1.29 is 0 Å². The van der Waals surface area contributed by atoms with Crippen molar-refractivity contribution in [1.82, 2.24) is 10.3 Å². The molecule has 0 fully saturated rings. The Balaban J connectivity index is 1.92. The number of nitriles is 1. The molecule has 0 unspecified atom stereocenters. The zero-order valence-electron chi connectivity index (χ0n) is 9.16. The normalized spacial score (nSPS) is 10.4. The van der Waals surface area contributed by atoms with Crippen molar-refractivity contribution in [3.05, 3.63) is 36.0 Å². The van der Waals surface area contributed by atoms with E-state index in [1.165, 1.54) is 16.5 Å². The van der Waals surface area contributed by atoms with Gasteiger partial charge in [-0.15, -0.1) is 0 Å². The Hall–Kier alpha value is -1.79. The highest BCUT2D eigenvalue weighted by Crippen LogP contribution is 2.17. The molecule has 1 aromatic carbocycles. The van der Waals surface area contributed by atoms with E-state index in [9.17, 15) is 0 Å². The van der Waals surface area contributed by atoms with Gasteiger partial charge in [-0.25, -0.2) is 0 Å². The van der Waals surface area contributed by atoms with Crippen LogP contribution in [0.15, 0.2) is 30.5 Å². The van der Waals surface area contributed by atoms with Crippen LogP contribution < -0.4 is 5.32 Å². The first-order chi connectivity index (χ1) is 7.92. The van der Waals surface area contributed by atoms with Crippen LogP contribution in [0.5, 0.6) is 0 Å². The Morgan fingerprint density at radius 1 is 1.25 bits per heavy atom. The van der Waals surface area contributed by atoms with Crippen LogP contribution in [0.25, 0.3) is 10.9 Å². The van der Waals surface area contributed by atoms with Gasteiger partial charge >= 0.3 is 0 Å². The van der Waals surface area contributed by atoms with Gasteiger partial charge in [0.05, 0.1) is 6.07 Å². The number of hydrogen-bond donors (Lipinski definition) is 2. The van der Waals surface area contributed by atoms with Crippen LogP contribution in [0.1, 0.15) is 12.0 Å². The largest absolute Gasteiger partial charge is 0.361 e. The van der Waals surface area contributed by atoms with Crippen molar-refractivity contribution in [2.45, 2.75) is 12.8 Å². The zero-order valence-corrected chi connectivity index (χ0v) is 9.16. The monoisotopic (exact) mass is 213 g/mol. The van der Waals surface area contributed by atoms with Crippen LogP contribution in [0.3, 0.4) is 0 Å². The summed E-state index contributed by atoms with van der Waals surface area (Å²) in [6.07, 6.45) is 3.64. The molecule has 0 aliphatic carbocycles. The van der Waals surface area contributed by atoms with Gasteiger partial charge in [-0.1, -0.05) is 18.2 Å². The van der Waals surface area contributed by atoms with Crippen LogP contribution in [-0.4, -0.2) is 18.1 Å². The molecule has 3 nitrogen and oxygen atoms in total. The molecule has 3 heteroatoms. The number of rotatable bonds is 5. The lowest BCUT2D eigenvalue weighted by atomic mass is 10.1. The Morgan fingerprint density at radius 2 is 2.12 bits per heavy atom. The van der Waals surface area contributed by atoms with Gasteiger partial charge in [0.25, 0.3) is 0 Å². The molecule has 2 N–H and O–H groups in total. The van der Waals surface area contributed by atoms with Crippen LogP contribution in [-0.2, 0) is 6.42 Å². The quantitative estimate of drug-likeness (QED) is 0.748. The molecule has 0 saturated heterocycles. The third-order valence-corrected chi connectivity index (χ3v) is 2.66. The lowest BCUT2D eigenvalue weighted by Gasteiger charge is -2.01. The summed E-state index contributed by atoms with van der Waals surface area (Å²) in [5, 5.41) is 12.9. The molecule has 0 aliphatic heterocycles. The second kappa shape index (κ2) is 5.34. The fraction of sp³-hybridized carbons (Fsp3) is 0.308. The second-order valence-electron chi connectivity index (χ2n) is 3.77. The van der Waals surface area contributed by atoms with Crippen molar-refractivity contribution in [3.8, 4) is 6.07 Å². The molecule has 0 aliphatic rings. The van der Waals surface area contributed by atoms with E-state index in [1.54, 1.807) is 0 Å². The Morgan fingerprint density at radius 3 is 3.00 bits per heavy atom. The van der Waals surface area contributed by atoms with E-state index in [4.69, 9.17) is 5.26 Å². The van der Waals surface area contributed by atoms with Gasteiger partial charge in [0.15, 0.2) is 0 Å². The lowest BCUT2D eigenvalue weighted by molar-refractivity contribution is 0.694. The van der Waals surface area contributed by atoms with Gasteiger partial charge in [0, 0.05) is 30.1 Å². The van der Waals surface area contributed by atoms with E-state index in [1.807, 2.05) is 6.07 Å². The Labute approximate surface area is 95.1 Å². The second-order valence-corrected chi connectivity index (χ2v) is 3.77. The van der Waals surface area contributed by atoms with Crippen molar-refractivity contribution in [2.75, 3.05) is 13.1 Å². The molecule has 1 aromatic heterocycles. The minimum Gasteiger partial charge on any atom is -0.361 e. The first kappa shape index (κ1) is 10.7. The number of aromatic amines is 1. The number of para-hydroxylation sites is 1. The smallest absolute Gasteiger partial charge is 0.0635 e. The van der Waals surface area contributed by atoms with Crippen molar-refractivity contribution in [1.29, 1.82) is 5.26 Å². The van der Waals surface area contributed by atoms with E-state index < -0.39 is 0 Å². The highest BCUT2D eigenvalue weighted by Gasteiger charge is 2.01. The van der Waals surface area contributed by atoms with E-state index in [2.05, 4.69) is 40.8 Å². The molecule has 0 atom stereocenters. The molecular formula is C13H15N3. The van der Waals surface area contributed by atoms with Gasteiger partial charge < -0.3 is 10.3 Å². The van der Waals surface area contributed by atoms with E-state index in [0.717, 1.165) is 19.5 Å². The molecular weight excluding hydrogens is 198 g/mol. The fourth-order valence-electron chi connectivity index (χ4n) is 1.83. The van der Waals surface area contributed by atoms with Crippen LogP contribution in [0.4, 0.5) is 0 Å². The molecule has 82 valence electrons. The van der Waals surface area contributed by atoms with Gasteiger partial charge in [0.2, 0.25) is 0 Å².